The third kappa shape index (κ3) is 3.80. The van der Waals surface area contributed by atoms with Crippen LogP contribution in [0.25, 0.3) is 11.1 Å². The van der Waals surface area contributed by atoms with E-state index in [0.29, 0.717) is 18.7 Å². The number of methoxy groups -OCH3 is 1. The highest BCUT2D eigenvalue weighted by Gasteiger charge is 2.33. The van der Waals surface area contributed by atoms with Crippen molar-refractivity contribution in [1.82, 2.24) is 4.90 Å². The van der Waals surface area contributed by atoms with Gasteiger partial charge in [0.1, 0.15) is 5.75 Å². The minimum absolute atomic E-state index is 0.271. The fourth-order valence-corrected chi connectivity index (χ4v) is 5.45. The molecule has 0 spiro atoms. The molecule has 3 aromatic carbocycles. The highest BCUT2D eigenvalue weighted by molar-refractivity contribution is 7.92. The first-order valence-electron chi connectivity index (χ1n) is 9.93. The number of benzene rings is 3. The lowest BCUT2D eigenvalue weighted by Gasteiger charge is -2.22. The molecule has 0 radical (unpaired) electrons. The molecule has 0 N–H and O–H groups in total. The monoisotopic (exact) mass is 422 g/mol. The summed E-state index contributed by atoms with van der Waals surface area (Å²) in [6.07, 6.45) is 0.706. The number of para-hydroxylation sites is 1. The lowest BCUT2D eigenvalue weighted by Crippen LogP contribution is -2.29. The molecule has 0 unspecified atom stereocenters. The van der Waals surface area contributed by atoms with Crippen LogP contribution in [0.5, 0.6) is 5.75 Å². The third-order valence-corrected chi connectivity index (χ3v) is 7.18. The topological polar surface area (TPSA) is 49.9 Å². The van der Waals surface area contributed by atoms with Crippen molar-refractivity contribution in [2.24, 2.45) is 0 Å². The second-order valence-corrected chi connectivity index (χ2v) is 9.61. The standard InChI is InChI=1S/C24H26N2O3S/c1-25(2)17-18-7-9-19(10-8-18)23-6-4-5-20-15-16-26(24(20)23)30(27,28)22-13-11-21(29-3)12-14-22/h4-14H,15-17H2,1-3H3. The van der Waals surface area contributed by atoms with Gasteiger partial charge in [0, 0.05) is 18.7 Å². The molecular formula is C24H26N2O3S. The molecule has 0 saturated heterocycles. The SMILES string of the molecule is COc1ccc(S(=O)(=O)N2CCc3cccc(-c4ccc(CN(C)C)cc4)c32)cc1. The van der Waals surface area contributed by atoms with Gasteiger partial charge in [-0.3, -0.25) is 4.31 Å². The first-order chi connectivity index (χ1) is 14.4. The van der Waals surface area contributed by atoms with E-state index in [4.69, 9.17) is 4.74 Å². The van der Waals surface area contributed by atoms with Crippen LogP contribution in [0.1, 0.15) is 11.1 Å². The van der Waals surface area contributed by atoms with E-state index in [0.717, 1.165) is 28.9 Å². The van der Waals surface area contributed by atoms with Crippen molar-refractivity contribution in [1.29, 1.82) is 0 Å². The van der Waals surface area contributed by atoms with Crippen molar-refractivity contribution in [3.05, 3.63) is 77.9 Å². The van der Waals surface area contributed by atoms with E-state index in [9.17, 15) is 8.42 Å². The lowest BCUT2D eigenvalue weighted by atomic mass is 9.99. The molecule has 0 bridgehead atoms. The summed E-state index contributed by atoms with van der Waals surface area (Å²) in [5.41, 5.74) is 5.03. The molecule has 5 nitrogen and oxygen atoms in total. The van der Waals surface area contributed by atoms with Crippen LogP contribution in [0.2, 0.25) is 0 Å². The number of fused-ring (bicyclic) bond motifs is 1. The summed E-state index contributed by atoms with van der Waals surface area (Å²) in [6.45, 7) is 1.31. The molecule has 0 fully saturated rings. The first-order valence-corrected chi connectivity index (χ1v) is 11.4. The van der Waals surface area contributed by atoms with Crippen LogP contribution in [-0.4, -0.2) is 41.1 Å². The zero-order valence-electron chi connectivity index (χ0n) is 17.5. The van der Waals surface area contributed by atoms with Gasteiger partial charge in [0.2, 0.25) is 0 Å². The van der Waals surface area contributed by atoms with E-state index in [1.807, 2.05) is 32.3 Å². The Balaban J connectivity index is 1.74. The van der Waals surface area contributed by atoms with Gasteiger partial charge >= 0.3 is 0 Å². The second-order valence-electron chi connectivity index (χ2n) is 7.75. The fourth-order valence-electron chi connectivity index (χ4n) is 3.92. The van der Waals surface area contributed by atoms with E-state index in [-0.39, 0.29) is 4.90 Å². The highest BCUT2D eigenvalue weighted by Crippen LogP contribution is 2.41. The van der Waals surface area contributed by atoms with Gasteiger partial charge in [-0.1, -0.05) is 42.5 Å². The molecule has 6 heteroatoms. The van der Waals surface area contributed by atoms with Gasteiger partial charge in [0.05, 0.1) is 17.7 Å². The molecule has 30 heavy (non-hydrogen) atoms. The van der Waals surface area contributed by atoms with Gasteiger partial charge in [-0.05, 0) is 61.5 Å². The summed E-state index contributed by atoms with van der Waals surface area (Å²) >= 11 is 0. The molecule has 0 saturated carbocycles. The van der Waals surface area contributed by atoms with Gasteiger partial charge in [0.15, 0.2) is 0 Å². The third-order valence-electron chi connectivity index (χ3n) is 5.36. The number of anilines is 1. The molecule has 0 aliphatic carbocycles. The number of hydrogen-bond acceptors (Lipinski definition) is 4. The maximum absolute atomic E-state index is 13.4. The second kappa shape index (κ2) is 8.13. The van der Waals surface area contributed by atoms with Crippen LogP contribution in [0.4, 0.5) is 5.69 Å². The van der Waals surface area contributed by atoms with Crippen LogP contribution in [0.3, 0.4) is 0 Å². The Hall–Kier alpha value is -2.83. The normalized spacial score (nSPS) is 13.5. The quantitative estimate of drug-likeness (QED) is 0.598. The minimum Gasteiger partial charge on any atom is -0.497 e. The van der Waals surface area contributed by atoms with E-state index >= 15 is 0 Å². The molecule has 0 atom stereocenters. The lowest BCUT2D eigenvalue weighted by molar-refractivity contribution is 0.402. The number of sulfonamides is 1. The van der Waals surface area contributed by atoms with E-state index in [2.05, 4.69) is 29.2 Å². The van der Waals surface area contributed by atoms with Crippen molar-refractivity contribution in [2.75, 3.05) is 32.1 Å². The zero-order chi connectivity index (χ0) is 21.3. The van der Waals surface area contributed by atoms with Crippen LogP contribution in [0.15, 0.2) is 71.6 Å². The summed E-state index contributed by atoms with van der Waals surface area (Å²) in [4.78, 5) is 2.39. The van der Waals surface area contributed by atoms with Gasteiger partial charge in [-0.15, -0.1) is 0 Å². The van der Waals surface area contributed by atoms with Gasteiger partial charge in [-0.2, -0.15) is 0 Å². The van der Waals surface area contributed by atoms with Crippen molar-refractivity contribution in [2.45, 2.75) is 17.9 Å². The van der Waals surface area contributed by atoms with Crippen LogP contribution >= 0.6 is 0 Å². The van der Waals surface area contributed by atoms with Crippen LogP contribution in [0, 0.1) is 0 Å². The van der Waals surface area contributed by atoms with E-state index in [1.165, 1.54) is 5.56 Å². The summed E-state index contributed by atoms with van der Waals surface area (Å²) < 4.78 is 33.6. The number of rotatable bonds is 6. The molecule has 3 aromatic rings. The summed E-state index contributed by atoms with van der Waals surface area (Å²) in [5, 5.41) is 0. The summed E-state index contributed by atoms with van der Waals surface area (Å²) in [7, 11) is 1.99. The Morgan fingerprint density at radius 3 is 2.30 bits per heavy atom. The molecule has 1 aliphatic heterocycles. The fraction of sp³-hybridized carbons (Fsp3) is 0.250. The Morgan fingerprint density at radius 2 is 1.67 bits per heavy atom. The van der Waals surface area contributed by atoms with Gasteiger partial charge in [0.25, 0.3) is 10.0 Å². The Bertz CT molecular complexity index is 1140. The first kappa shape index (κ1) is 20.4. The van der Waals surface area contributed by atoms with Gasteiger partial charge in [-0.25, -0.2) is 8.42 Å². The molecule has 1 heterocycles. The van der Waals surface area contributed by atoms with Crippen molar-refractivity contribution >= 4 is 15.7 Å². The Kier molecular flexibility index (Phi) is 5.54. The van der Waals surface area contributed by atoms with Crippen molar-refractivity contribution in [3.63, 3.8) is 0 Å². The number of nitrogens with zero attached hydrogens (tertiary/aromatic N) is 2. The van der Waals surface area contributed by atoms with Crippen LogP contribution in [-0.2, 0) is 23.0 Å². The minimum atomic E-state index is -3.66. The van der Waals surface area contributed by atoms with Crippen LogP contribution < -0.4 is 9.04 Å². The zero-order valence-corrected chi connectivity index (χ0v) is 18.3. The number of ether oxygens (including phenoxy) is 1. The Labute approximate surface area is 178 Å². The van der Waals surface area contributed by atoms with Crippen molar-refractivity contribution in [3.8, 4) is 16.9 Å². The number of hydrogen-bond donors (Lipinski definition) is 0. The maximum Gasteiger partial charge on any atom is 0.264 e. The molecule has 4 rings (SSSR count). The summed E-state index contributed by atoms with van der Waals surface area (Å²) in [6, 6.07) is 20.9. The predicted molar refractivity (Wildman–Crippen MR) is 120 cm³/mol. The smallest absolute Gasteiger partial charge is 0.264 e. The average Bonchev–Trinajstić information content (AvgIpc) is 3.19. The largest absolute Gasteiger partial charge is 0.497 e. The van der Waals surface area contributed by atoms with E-state index in [1.54, 1.807) is 35.7 Å². The van der Waals surface area contributed by atoms with Gasteiger partial charge < -0.3 is 9.64 Å². The molecule has 0 aromatic heterocycles. The maximum atomic E-state index is 13.4. The molecule has 0 amide bonds. The highest BCUT2D eigenvalue weighted by atomic mass is 32.2. The predicted octanol–water partition coefficient (Wildman–Crippen LogP) is 4.18. The summed E-state index contributed by atoms with van der Waals surface area (Å²) in [5.74, 6) is 0.634. The molecule has 156 valence electrons. The Morgan fingerprint density at radius 1 is 0.967 bits per heavy atom. The molecule has 1 aliphatic rings. The molecular weight excluding hydrogens is 396 g/mol. The average molecular weight is 423 g/mol. The van der Waals surface area contributed by atoms with E-state index < -0.39 is 10.0 Å². The van der Waals surface area contributed by atoms with Crippen molar-refractivity contribution < 1.29 is 13.2 Å².